The zero-order valence-corrected chi connectivity index (χ0v) is 11.8. The molecule has 0 fully saturated rings. The summed E-state index contributed by atoms with van der Waals surface area (Å²) in [5, 5.41) is 16.4. The van der Waals surface area contributed by atoms with Crippen LogP contribution in [0.2, 0.25) is 0 Å². The predicted molar refractivity (Wildman–Crippen MR) is 73.9 cm³/mol. The van der Waals surface area contributed by atoms with E-state index < -0.39 is 16.1 Å². The molecular weight excluding hydrogens is 278 g/mol. The summed E-state index contributed by atoms with van der Waals surface area (Å²) in [6.45, 7) is 1.93. The molecule has 0 radical (unpaired) electrons. The summed E-state index contributed by atoms with van der Waals surface area (Å²) in [7, 11) is -3.66. The maximum absolute atomic E-state index is 12.7. The summed E-state index contributed by atoms with van der Waals surface area (Å²) in [5.41, 5.74) is 1.68. The Morgan fingerprint density at radius 2 is 2.15 bits per heavy atom. The van der Waals surface area contributed by atoms with E-state index in [-0.39, 0.29) is 11.4 Å². The van der Waals surface area contributed by atoms with E-state index >= 15 is 0 Å². The highest BCUT2D eigenvalue weighted by molar-refractivity contribution is 7.92. The van der Waals surface area contributed by atoms with Gasteiger partial charge in [0, 0.05) is 12.1 Å². The Morgan fingerprint density at radius 3 is 2.85 bits per heavy atom. The first-order chi connectivity index (χ1) is 9.51. The molecule has 6 nitrogen and oxygen atoms in total. The molecule has 0 saturated carbocycles. The van der Waals surface area contributed by atoms with Gasteiger partial charge in [-0.1, -0.05) is 18.2 Å². The number of aliphatic hydroxyl groups excluding tert-OH is 1. The molecule has 106 valence electrons. The number of aliphatic hydroxyl groups is 1. The molecule has 20 heavy (non-hydrogen) atoms. The van der Waals surface area contributed by atoms with Crippen LogP contribution in [-0.2, 0) is 10.0 Å². The third kappa shape index (κ3) is 1.90. The van der Waals surface area contributed by atoms with Crippen LogP contribution in [0.4, 0.5) is 5.69 Å². The minimum Gasteiger partial charge on any atom is -0.388 e. The number of H-pyrrole nitrogens is 1. The fraction of sp³-hybridized carbons (Fsp3) is 0.308. The highest BCUT2D eigenvalue weighted by atomic mass is 32.2. The normalized spacial score (nSPS) is 18.9. The Hall–Kier alpha value is -1.86. The van der Waals surface area contributed by atoms with Crippen LogP contribution in [0.3, 0.4) is 0 Å². The van der Waals surface area contributed by atoms with Crippen molar-refractivity contribution in [2.45, 2.75) is 24.3 Å². The molecule has 0 aliphatic carbocycles. The van der Waals surface area contributed by atoms with Gasteiger partial charge >= 0.3 is 0 Å². The summed E-state index contributed by atoms with van der Waals surface area (Å²) >= 11 is 0. The topological polar surface area (TPSA) is 86.3 Å². The lowest BCUT2D eigenvalue weighted by molar-refractivity contribution is 0.166. The van der Waals surface area contributed by atoms with Gasteiger partial charge < -0.3 is 5.11 Å². The smallest absolute Gasteiger partial charge is 0.267 e. The summed E-state index contributed by atoms with van der Waals surface area (Å²) in [4.78, 5) is 0.170. The van der Waals surface area contributed by atoms with Gasteiger partial charge in [-0.25, -0.2) is 8.42 Å². The van der Waals surface area contributed by atoms with Crippen LogP contribution in [-0.4, -0.2) is 30.3 Å². The molecule has 3 rings (SSSR count). The van der Waals surface area contributed by atoms with E-state index in [1.807, 2.05) is 0 Å². The lowest BCUT2D eigenvalue weighted by atomic mass is 10.0. The van der Waals surface area contributed by atoms with Gasteiger partial charge in [-0.3, -0.25) is 9.40 Å². The number of sulfonamides is 1. The minimum atomic E-state index is -3.66. The zero-order valence-electron chi connectivity index (χ0n) is 10.9. The maximum atomic E-state index is 12.7. The van der Waals surface area contributed by atoms with Crippen molar-refractivity contribution in [3.05, 3.63) is 41.7 Å². The minimum absolute atomic E-state index is 0.170. The number of benzene rings is 1. The van der Waals surface area contributed by atoms with Crippen LogP contribution < -0.4 is 4.31 Å². The Balaban J connectivity index is 2.13. The number of fused-ring (bicyclic) bond motifs is 1. The standard InChI is InChI=1S/C13H15N3O3S/c1-9-13(8-14-15-9)20(18,19)16-7-6-12(17)10-4-2-3-5-11(10)16/h2-5,8,12,17H,6-7H2,1H3,(H,14,15). The van der Waals surface area contributed by atoms with Gasteiger partial charge in [0.25, 0.3) is 10.0 Å². The second-order valence-corrected chi connectivity index (χ2v) is 6.63. The van der Waals surface area contributed by atoms with Crippen molar-refractivity contribution >= 4 is 15.7 Å². The van der Waals surface area contributed by atoms with Gasteiger partial charge in [-0.15, -0.1) is 0 Å². The molecule has 0 bridgehead atoms. The van der Waals surface area contributed by atoms with E-state index in [0.29, 0.717) is 23.4 Å². The molecule has 2 heterocycles. The first-order valence-corrected chi connectivity index (χ1v) is 7.75. The van der Waals surface area contributed by atoms with Crippen LogP contribution in [0.25, 0.3) is 0 Å². The number of aromatic nitrogens is 2. The van der Waals surface area contributed by atoms with Crippen LogP contribution in [0.5, 0.6) is 0 Å². The molecule has 0 spiro atoms. The van der Waals surface area contributed by atoms with E-state index in [1.165, 1.54) is 10.5 Å². The first-order valence-electron chi connectivity index (χ1n) is 6.31. The number of hydrogen-bond acceptors (Lipinski definition) is 4. The van der Waals surface area contributed by atoms with E-state index in [9.17, 15) is 13.5 Å². The quantitative estimate of drug-likeness (QED) is 0.875. The van der Waals surface area contributed by atoms with Crippen molar-refractivity contribution in [2.24, 2.45) is 0 Å². The fourth-order valence-electron chi connectivity index (χ4n) is 2.48. The van der Waals surface area contributed by atoms with Crippen molar-refractivity contribution in [3.8, 4) is 0 Å². The average Bonchev–Trinajstić information content (AvgIpc) is 2.86. The summed E-state index contributed by atoms with van der Waals surface area (Å²) < 4.78 is 26.8. The maximum Gasteiger partial charge on any atom is 0.267 e. The molecule has 1 aromatic heterocycles. The predicted octanol–water partition coefficient (Wildman–Crippen LogP) is 1.35. The van der Waals surface area contributed by atoms with E-state index in [2.05, 4.69) is 10.2 Å². The third-order valence-corrected chi connectivity index (χ3v) is 5.45. The number of aromatic amines is 1. The number of nitrogens with zero attached hydrogens (tertiary/aromatic N) is 2. The first kappa shape index (κ1) is 13.1. The number of rotatable bonds is 2. The van der Waals surface area contributed by atoms with E-state index in [1.54, 1.807) is 31.2 Å². The Labute approximate surface area is 117 Å². The van der Waals surface area contributed by atoms with E-state index in [4.69, 9.17) is 0 Å². The van der Waals surface area contributed by atoms with Crippen molar-refractivity contribution in [2.75, 3.05) is 10.8 Å². The SMILES string of the molecule is Cc1[nH]ncc1S(=O)(=O)N1CCC(O)c2ccccc21. The second-order valence-electron chi connectivity index (χ2n) is 4.80. The van der Waals surface area contributed by atoms with Crippen LogP contribution in [0.15, 0.2) is 35.4 Å². The highest BCUT2D eigenvalue weighted by Gasteiger charge is 2.33. The van der Waals surface area contributed by atoms with Crippen molar-refractivity contribution in [1.82, 2.24) is 10.2 Å². The monoisotopic (exact) mass is 293 g/mol. The summed E-state index contributed by atoms with van der Waals surface area (Å²) in [5.74, 6) is 0. The molecule has 1 aliphatic rings. The molecule has 2 aromatic rings. The van der Waals surface area contributed by atoms with Crippen molar-refractivity contribution in [1.29, 1.82) is 0 Å². The number of anilines is 1. The van der Waals surface area contributed by atoms with Gasteiger partial charge in [0.1, 0.15) is 4.90 Å². The highest BCUT2D eigenvalue weighted by Crippen LogP contribution is 2.36. The van der Waals surface area contributed by atoms with Crippen molar-refractivity contribution < 1.29 is 13.5 Å². The molecule has 7 heteroatoms. The number of nitrogens with one attached hydrogen (secondary N) is 1. The lowest BCUT2D eigenvalue weighted by Crippen LogP contribution is -2.36. The van der Waals surface area contributed by atoms with Gasteiger partial charge in [0.15, 0.2) is 0 Å². The summed E-state index contributed by atoms with van der Waals surface area (Å²) in [6, 6.07) is 7.03. The third-order valence-electron chi connectivity index (χ3n) is 3.52. The van der Waals surface area contributed by atoms with Gasteiger partial charge in [-0.2, -0.15) is 5.10 Å². The Bertz CT molecular complexity index is 739. The van der Waals surface area contributed by atoms with Crippen LogP contribution in [0.1, 0.15) is 23.8 Å². The Morgan fingerprint density at radius 1 is 1.40 bits per heavy atom. The molecular formula is C13H15N3O3S. The molecule has 1 aromatic carbocycles. The molecule has 0 amide bonds. The lowest BCUT2D eigenvalue weighted by Gasteiger charge is -2.32. The second kappa shape index (κ2) is 4.60. The van der Waals surface area contributed by atoms with Crippen LogP contribution in [0, 0.1) is 6.92 Å². The summed E-state index contributed by atoms with van der Waals surface area (Å²) in [6.07, 6.45) is 1.08. The Kier molecular flexibility index (Phi) is 3.02. The zero-order chi connectivity index (χ0) is 14.3. The molecule has 1 atom stereocenters. The largest absolute Gasteiger partial charge is 0.388 e. The average molecular weight is 293 g/mol. The number of para-hydroxylation sites is 1. The van der Waals surface area contributed by atoms with Gasteiger partial charge in [0.05, 0.1) is 23.7 Å². The van der Waals surface area contributed by atoms with E-state index in [0.717, 1.165) is 0 Å². The van der Waals surface area contributed by atoms with Gasteiger partial charge in [0.2, 0.25) is 0 Å². The molecule has 1 unspecified atom stereocenters. The molecule has 1 aliphatic heterocycles. The van der Waals surface area contributed by atoms with Gasteiger partial charge in [-0.05, 0) is 19.4 Å². The fourth-order valence-corrected chi connectivity index (χ4v) is 4.11. The number of hydrogen-bond donors (Lipinski definition) is 2. The van der Waals surface area contributed by atoms with Crippen molar-refractivity contribution in [3.63, 3.8) is 0 Å². The molecule has 2 N–H and O–H groups in total. The molecule has 0 saturated heterocycles. The number of aryl methyl sites for hydroxylation is 1. The van der Waals surface area contributed by atoms with Crippen LogP contribution >= 0.6 is 0 Å².